The van der Waals surface area contributed by atoms with Crippen molar-refractivity contribution in [3.05, 3.63) is 24.3 Å². The Morgan fingerprint density at radius 1 is 1.38 bits per heavy atom. The third-order valence-corrected chi connectivity index (χ3v) is 2.21. The van der Waals surface area contributed by atoms with Crippen molar-refractivity contribution >= 4 is 17.3 Å². The molecule has 0 heterocycles. The highest BCUT2D eigenvalue weighted by atomic mass is 16.1. The van der Waals surface area contributed by atoms with Gasteiger partial charge in [0.15, 0.2) is 0 Å². The van der Waals surface area contributed by atoms with Gasteiger partial charge in [-0.2, -0.15) is 0 Å². The minimum Gasteiger partial charge on any atom is -0.397 e. The van der Waals surface area contributed by atoms with Crippen LogP contribution in [0.3, 0.4) is 0 Å². The van der Waals surface area contributed by atoms with E-state index in [1.165, 1.54) is 0 Å². The van der Waals surface area contributed by atoms with Crippen LogP contribution in [0, 0.1) is 5.92 Å². The standard InChI is InChI=1S/C12H19N3O/c1-9(2)7-15(8-12(14)16)11-6-4-3-5-10(11)13/h3-6,9H,7-8,13H2,1-2H3,(H2,14,16). The summed E-state index contributed by atoms with van der Waals surface area (Å²) in [6.45, 7) is 5.14. The molecule has 0 spiro atoms. The van der Waals surface area contributed by atoms with Crippen LogP contribution in [0.4, 0.5) is 11.4 Å². The van der Waals surface area contributed by atoms with Crippen LogP contribution in [0.2, 0.25) is 0 Å². The molecule has 0 radical (unpaired) electrons. The van der Waals surface area contributed by atoms with E-state index in [4.69, 9.17) is 11.5 Å². The Kier molecular flexibility index (Phi) is 4.17. The number of hydrogen-bond acceptors (Lipinski definition) is 3. The highest BCUT2D eigenvalue weighted by molar-refractivity contribution is 5.81. The molecule has 4 heteroatoms. The predicted octanol–water partition coefficient (Wildman–Crippen LogP) is 1.22. The summed E-state index contributed by atoms with van der Waals surface area (Å²) in [4.78, 5) is 12.9. The van der Waals surface area contributed by atoms with Crippen molar-refractivity contribution in [2.75, 3.05) is 23.7 Å². The van der Waals surface area contributed by atoms with Crippen LogP contribution in [0.15, 0.2) is 24.3 Å². The third-order valence-electron chi connectivity index (χ3n) is 2.21. The summed E-state index contributed by atoms with van der Waals surface area (Å²) < 4.78 is 0. The summed E-state index contributed by atoms with van der Waals surface area (Å²) in [6, 6.07) is 7.50. The number of carbonyl (C=O) groups excluding carboxylic acids is 1. The number of primary amides is 1. The zero-order valence-corrected chi connectivity index (χ0v) is 9.81. The number of amides is 1. The Morgan fingerprint density at radius 2 is 2.00 bits per heavy atom. The molecule has 0 aliphatic carbocycles. The molecule has 1 rings (SSSR count). The first-order valence-electron chi connectivity index (χ1n) is 5.38. The zero-order chi connectivity index (χ0) is 12.1. The summed E-state index contributed by atoms with van der Waals surface area (Å²) in [5, 5.41) is 0. The topological polar surface area (TPSA) is 72.3 Å². The summed E-state index contributed by atoms with van der Waals surface area (Å²) >= 11 is 0. The number of benzene rings is 1. The number of nitrogens with two attached hydrogens (primary N) is 2. The molecule has 0 fully saturated rings. The van der Waals surface area contributed by atoms with Gasteiger partial charge in [-0.25, -0.2) is 0 Å². The lowest BCUT2D eigenvalue weighted by molar-refractivity contribution is -0.116. The largest absolute Gasteiger partial charge is 0.397 e. The number of rotatable bonds is 5. The maximum atomic E-state index is 11.0. The number of hydrogen-bond donors (Lipinski definition) is 2. The van der Waals surface area contributed by atoms with E-state index in [1.807, 2.05) is 29.2 Å². The molecule has 0 bridgehead atoms. The Balaban J connectivity index is 2.91. The van der Waals surface area contributed by atoms with Crippen LogP contribution in [0.5, 0.6) is 0 Å². The van der Waals surface area contributed by atoms with Crippen molar-refractivity contribution in [2.24, 2.45) is 11.7 Å². The fourth-order valence-electron chi connectivity index (χ4n) is 1.65. The monoisotopic (exact) mass is 221 g/mol. The molecule has 0 saturated heterocycles. The van der Waals surface area contributed by atoms with E-state index in [1.54, 1.807) is 0 Å². The normalized spacial score (nSPS) is 10.4. The first-order valence-corrected chi connectivity index (χ1v) is 5.38. The van der Waals surface area contributed by atoms with E-state index in [-0.39, 0.29) is 12.5 Å². The van der Waals surface area contributed by atoms with Gasteiger partial charge in [-0.1, -0.05) is 26.0 Å². The molecule has 0 saturated carbocycles. The molecule has 0 aliphatic heterocycles. The zero-order valence-electron chi connectivity index (χ0n) is 9.81. The van der Waals surface area contributed by atoms with Gasteiger partial charge in [-0.15, -0.1) is 0 Å². The smallest absolute Gasteiger partial charge is 0.236 e. The van der Waals surface area contributed by atoms with Crippen LogP contribution in [-0.2, 0) is 4.79 Å². The molecule has 0 aromatic heterocycles. The number of para-hydroxylation sites is 2. The van der Waals surface area contributed by atoms with Crippen molar-refractivity contribution in [1.29, 1.82) is 0 Å². The van der Waals surface area contributed by atoms with E-state index in [0.717, 1.165) is 12.2 Å². The molecule has 4 nitrogen and oxygen atoms in total. The van der Waals surface area contributed by atoms with Crippen LogP contribution in [-0.4, -0.2) is 19.0 Å². The second kappa shape index (κ2) is 5.39. The highest BCUT2D eigenvalue weighted by Gasteiger charge is 2.13. The van der Waals surface area contributed by atoms with Gasteiger partial charge < -0.3 is 16.4 Å². The van der Waals surface area contributed by atoms with Gasteiger partial charge in [-0.3, -0.25) is 4.79 Å². The molecule has 0 atom stereocenters. The fraction of sp³-hybridized carbons (Fsp3) is 0.417. The molecule has 88 valence electrons. The molecular formula is C12H19N3O. The lowest BCUT2D eigenvalue weighted by atomic mass is 10.1. The van der Waals surface area contributed by atoms with Gasteiger partial charge in [0.25, 0.3) is 0 Å². The van der Waals surface area contributed by atoms with Gasteiger partial charge in [-0.05, 0) is 18.1 Å². The molecule has 0 unspecified atom stereocenters. The van der Waals surface area contributed by atoms with Crippen LogP contribution < -0.4 is 16.4 Å². The van der Waals surface area contributed by atoms with Gasteiger partial charge in [0, 0.05) is 6.54 Å². The average Bonchev–Trinajstić information content (AvgIpc) is 2.15. The van der Waals surface area contributed by atoms with E-state index >= 15 is 0 Å². The van der Waals surface area contributed by atoms with Gasteiger partial charge in [0.2, 0.25) is 5.91 Å². The molecule has 4 N–H and O–H groups in total. The second-order valence-corrected chi connectivity index (χ2v) is 4.30. The molecule has 1 aromatic carbocycles. The lowest BCUT2D eigenvalue weighted by Crippen LogP contribution is -2.36. The van der Waals surface area contributed by atoms with E-state index in [2.05, 4.69) is 13.8 Å². The van der Waals surface area contributed by atoms with Crippen molar-refractivity contribution in [3.8, 4) is 0 Å². The fourth-order valence-corrected chi connectivity index (χ4v) is 1.65. The quantitative estimate of drug-likeness (QED) is 0.734. The molecular weight excluding hydrogens is 202 g/mol. The van der Waals surface area contributed by atoms with Gasteiger partial charge in [0.1, 0.15) is 0 Å². The second-order valence-electron chi connectivity index (χ2n) is 4.30. The number of nitrogen functional groups attached to an aromatic ring is 1. The maximum absolute atomic E-state index is 11.0. The minimum absolute atomic E-state index is 0.201. The Bertz CT molecular complexity index is 363. The van der Waals surface area contributed by atoms with E-state index in [0.29, 0.717) is 11.6 Å². The van der Waals surface area contributed by atoms with Crippen LogP contribution in [0.1, 0.15) is 13.8 Å². The highest BCUT2D eigenvalue weighted by Crippen LogP contribution is 2.22. The van der Waals surface area contributed by atoms with Crippen molar-refractivity contribution in [2.45, 2.75) is 13.8 Å². The molecule has 1 aromatic rings. The predicted molar refractivity (Wildman–Crippen MR) is 67.1 cm³/mol. The van der Waals surface area contributed by atoms with Crippen molar-refractivity contribution in [1.82, 2.24) is 0 Å². The van der Waals surface area contributed by atoms with E-state index < -0.39 is 0 Å². The van der Waals surface area contributed by atoms with Crippen LogP contribution >= 0.6 is 0 Å². The Morgan fingerprint density at radius 3 is 2.50 bits per heavy atom. The SMILES string of the molecule is CC(C)CN(CC(N)=O)c1ccccc1N. The minimum atomic E-state index is -0.344. The molecule has 0 aliphatic rings. The van der Waals surface area contributed by atoms with E-state index in [9.17, 15) is 4.79 Å². The summed E-state index contributed by atoms with van der Waals surface area (Å²) in [5.74, 6) is 0.0999. The number of carbonyl (C=O) groups is 1. The van der Waals surface area contributed by atoms with Gasteiger partial charge >= 0.3 is 0 Å². The average molecular weight is 221 g/mol. The summed E-state index contributed by atoms with van der Waals surface area (Å²) in [5.41, 5.74) is 12.7. The van der Waals surface area contributed by atoms with Crippen LogP contribution in [0.25, 0.3) is 0 Å². The summed E-state index contributed by atoms with van der Waals surface area (Å²) in [7, 11) is 0. The van der Waals surface area contributed by atoms with Crippen molar-refractivity contribution < 1.29 is 4.79 Å². The van der Waals surface area contributed by atoms with Crippen molar-refractivity contribution in [3.63, 3.8) is 0 Å². The lowest BCUT2D eigenvalue weighted by Gasteiger charge is -2.26. The molecule has 1 amide bonds. The first kappa shape index (κ1) is 12.4. The summed E-state index contributed by atoms with van der Waals surface area (Å²) in [6.07, 6.45) is 0. The third kappa shape index (κ3) is 3.46. The first-order chi connectivity index (χ1) is 7.50. The Labute approximate surface area is 96.2 Å². The Hall–Kier alpha value is -1.71. The maximum Gasteiger partial charge on any atom is 0.236 e. The molecule has 16 heavy (non-hydrogen) atoms. The number of nitrogens with zero attached hydrogens (tertiary/aromatic N) is 1. The van der Waals surface area contributed by atoms with Gasteiger partial charge in [0.05, 0.1) is 17.9 Å². The number of anilines is 2.